The van der Waals surface area contributed by atoms with Gasteiger partial charge in [0.2, 0.25) is 5.91 Å². The van der Waals surface area contributed by atoms with Crippen LogP contribution in [0.1, 0.15) is 24.0 Å². The summed E-state index contributed by atoms with van der Waals surface area (Å²) < 4.78 is 5.83. The molecule has 1 saturated heterocycles. The number of nitrogens with two attached hydrogens (primary N) is 1. The van der Waals surface area contributed by atoms with Crippen LogP contribution in [0.25, 0.3) is 0 Å². The third kappa shape index (κ3) is 5.21. The summed E-state index contributed by atoms with van der Waals surface area (Å²) in [5, 5.41) is 0.710. The highest BCUT2D eigenvalue weighted by Crippen LogP contribution is 2.18. The van der Waals surface area contributed by atoms with E-state index in [4.69, 9.17) is 22.1 Å². The third-order valence-electron chi connectivity index (χ3n) is 4.38. The minimum absolute atomic E-state index is 0.103. The van der Waals surface area contributed by atoms with Crippen LogP contribution in [0.2, 0.25) is 5.02 Å². The van der Waals surface area contributed by atoms with Crippen molar-refractivity contribution in [3.63, 3.8) is 0 Å². The molecule has 2 aromatic rings. The zero-order chi connectivity index (χ0) is 17.6. The summed E-state index contributed by atoms with van der Waals surface area (Å²) in [7, 11) is 0. The van der Waals surface area contributed by atoms with Crippen molar-refractivity contribution in [3.8, 4) is 5.75 Å². The number of hydrogen-bond donors (Lipinski definition) is 1. The fourth-order valence-electron chi connectivity index (χ4n) is 3.02. The Balaban J connectivity index is 1.57. The smallest absolute Gasteiger partial charge is 0.227 e. The van der Waals surface area contributed by atoms with Gasteiger partial charge in [0.25, 0.3) is 0 Å². The first-order valence-electron chi connectivity index (χ1n) is 8.60. The molecule has 2 aromatic carbocycles. The van der Waals surface area contributed by atoms with Gasteiger partial charge in [0, 0.05) is 24.2 Å². The van der Waals surface area contributed by atoms with E-state index >= 15 is 0 Å². The lowest BCUT2D eigenvalue weighted by Crippen LogP contribution is -2.46. The molecule has 1 atom stereocenters. The van der Waals surface area contributed by atoms with Crippen molar-refractivity contribution in [2.24, 2.45) is 5.73 Å². The van der Waals surface area contributed by atoms with Crippen LogP contribution in [0, 0.1) is 0 Å². The molecule has 3 rings (SSSR count). The Labute approximate surface area is 153 Å². The Kier molecular flexibility index (Phi) is 5.95. The van der Waals surface area contributed by atoms with Crippen molar-refractivity contribution in [2.45, 2.75) is 31.9 Å². The lowest BCUT2D eigenvalue weighted by atomic mass is 10.0. The second-order valence-corrected chi connectivity index (χ2v) is 6.92. The highest BCUT2D eigenvalue weighted by molar-refractivity contribution is 6.30. The lowest BCUT2D eigenvalue weighted by molar-refractivity contribution is -0.131. The molecule has 2 N–H and O–H groups in total. The maximum atomic E-state index is 12.5. The molecule has 25 heavy (non-hydrogen) atoms. The van der Waals surface area contributed by atoms with Crippen molar-refractivity contribution in [2.75, 3.05) is 13.1 Å². The number of likely N-dealkylation sites (tertiary alicyclic amines) is 1. The number of amides is 1. The largest absolute Gasteiger partial charge is 0.489 e. The van der Waals surface area contributed by atoms with Gasteiger partial charge in [0.15, 0.2) is 0 Å². The van der Waals surface area contributed by atoms with Crippen molar-refractivity contribution in [1.29, 1.82) is 0 Å². The third-order valence-corrected chi connectivity index (χ3v) is 4.64. The first-order valence-corrected chi connectivity index (χ1v) is 8.97. The van der Waals surface area contributed by atoms with Crippen LogP contribution in [0.4, 0.5) is 0 Å². The Morgan fingerprint density at radius 1 is 1.20 bits per heavy atom. The molecule has 1 unspecified atom stereocenters. The SMILES string of the molecule is NC1CCCN(C(=O)Cc2cccc(OCc3ccc(Cl)cc3)c2)C1. The second kappa shape index (κ2) is 8.37. The van der Waals surface area contributed by atoms with Gasteiger partial charge in [-0.1, -0.05) is 35.9 Å². The predicted octanol–water partition coefficient (Wildman–Crippen LogP) is 3.41. The van der Waals surface area contributed by atoms with Crippen molar-refractivity contribution >= 4 is 17.5 Å². The number of halogens is 1. The minimum Gasteiger partial charge on any atom is -0.489 e. The van der Waals surface area contributed by atoms with E-state index < -0.39 is 0 Å². The molecular weight excluding hydrogens is 336 g/mol. The van der Waals surface area contributed by atoms with Gasteiger partial charge in [-0.3, -0.25) is 4.79 Å². The highest BCUT2D eigenvalue weighted by Gasteiger charge is 2.21. The molecule has 1 amide bonds. The minimum atomic E-state index is 0.103. The molecule has 5 heteroatoms. The van der Waals surface area contributed by atoms with E-state index in [0.717, 1.165) is 36.3 Å². The molecule has 4 nitrogen and oxygen atoms in total. The number of carbonyl (C=O) groups excluding carboxylic acids is 1. The molecule has 0 spiro atoms. The summed E-state index contributed by atoms with van der Waals surface area (Å²) in [6.07, 6.45) is 2.36. The fraction of sp³-hybridized carbons (Fsp3) is 0.350. The van der Waals surface area contributed by atoms with Gasteiger partial charge in [0.05, 0.1) is 6.42 Å². The molecule has 0 aromatic heterocycles. The number of benzene rings is 2. The van der Waals surface area contributed by atoms with Crippen LogP contribution in [0.3, 0.4) is 0 Å². The average molecular weight is 359 g/mol. The zero-order valence-electron chi connectivity index (χ0n) is 14.2. The summed E-state index contributed by atoms with van der Waals surface area (Å²) in [6.45, 7) is 1.93. The number of carbonyl (C=O) groups is 1. The number of hydrogen-bond acceptors (Lipinski definition) is 3. The first-order chi connectivity index (χ1) is 12.1. The maximum absolute atomic E-state index is 12.5. The number of piperidine rings is 1. The van der Waals surface area contributed by atoms with Crippen LogP contribution in [-0.4, -0.2) is 29.9 Å². The monoisotopic (exact) mass is 358 g/mol. The van der Waals surface area contributed by atoms with Gasteiger partial charge in [0.1, 0.15) is 12.4 Å². The zero-order valence-corrected chi connectivity index (χ0v) is 14.9. The lowest BCUT2D eigenvalue weighted by Gasteiger charge is -2.30. The van der Waals surface area contributed by atoms with E-state index in [9.17, 15) is 4.79 Å². The molecule has 0 saturated carbocycles. The Morgan fingerprint density at radius 3 is 2.76 bits per heavy atom. The molecule has 1 heterocycles. The van der Waals surface area contributed by atoms with Gasteiger partial charge in [-0.05, 0) is 48.2 Å². The van der Waals surface area contributed by atoms with Crippen LogP contribution >= 0.6 is 11.6 Å². The van der Waals surface area contributed by atoms with Gasteiger partial charge in [-0.15, -0.1) is 0 Å². The number of nitrogens with zero attached hydrogens (tertiary/aromatic N) is 1. The highest BCUT2D eigenvalue weighted by atomic mass is 35.5. The Bertz CT molecular complexity index is 718. The van der Waals surface area contributed by atoms with Gasteiger partial charge >= 0.3 is 0 Å². The van der Waals surface area contributed by atoms with E-state index in [-0.39, 0.29) is 11.9 Å². The normalized spacial score (nSPS) is 17.4. The number of ether oxygens (including phenoxy) is 1. The van der Waals surface area contributed by atoms with E-state index in [1.165, 1.54) is 0 Å². The topological polar surface area (TPSA) is 55.6 Å². The molecule has 0 radical (unpaired) electrons. The Morgan fingerprint density at radius 2 is 2.00 bits per heavy atom. The van der Waals surface area contributed by atoms with Crippen molar-refractivity contribution in [3.05, 3.63) is 64.7 Å². The van der Waals surface area contributed by atoms with Gasteiger partial charge < -0.3 is 15.4 Å². The van der Waals surface area contributed by atoms with E-state index in [0.29, 0.717) is 24.6 Å². The summed E-state index contributed by atoms with van der Waals surface area (Å²) in [5.41, 5.74) is 7.97. The summed E-state index contributed by atoms with van der Waals surface area (Å²) >= 11 is 5.89. The fourth-order valence-corrected chi connectivity index (χ4v) is 3.14. The van der Waals surface area contributed by atoms with Gasteiger partial charge in [-0.2, -0.15) is 0 Å². The summed E-state index contributed by atoms with van der Waals surface area (Å²) in [4.78, 5) is 14.3. The molecular formula is C20H23ClN2O2. The quantitative estimate of drug-likeness (QED) is 0.891. The van der Waals surface area contributed by atoms with Gasteiger partial charge in [-0.25, -0.2) is 0 Å². The van der Waals surface area contributed by atoms with Crippen LogP contribution < -0.4 is 10.5 Å². The van der Waals surface area contributed by atoms with E-state index in [1.807, 2.05) is 53.4 Å². The molecule has 0 aliphatic carbocycles. The molecule has 1 aliphatic heterocycles. The summed E-state index contributed by atoms with van der Waals surface area (Å²) in [6, 6.07) is 15.4. The number of rotatable bonds is 5. The second-order valence-electron chi connectivity index (χ2n) is 6.48. The van der Waals surface area contributed by atoms with Crippen LogP contribution in [0.15, 0.2) is 48.5 Å². The molecule has 1 aliphatic rings. The standard InChI is InChI=1S/C20H23ClN2O2/c21-17-8-6-15(7-9-17)14-25-19-5-1-3-16(11-19)12-20(24)23-10-2-4-18(22)13-23/h1,3,5-9,11,18H,2,4,10,12-14,22H2. The van der Waals surface area contributed by atoms with E-state index in [1.54, 1.807) is 0 Å². The average Bonchev–Trinajstić information content (AvgIpc) is 2.61. The molecule has 0 bridgehead atoms. The molecule has 1 fully saturated rings. The van der Waals surface area contributed by atoms with Crippen molar-refractivity contribution < 1.29 is 9.53 Å². The molecule has 132 valence electrons. The predicted molar refractivity (Wildman–Crippen MR) is 99.7 cm³/mol. The van der Waals surface area contributed by atoms with Crippen LogP contribution in [-0.2, 0) is 17.8 Å². The first kappa shape index (κ1) is 17.8. The Hall–Kier alpha value is -2.04. The summed E-state index contributed by atoms with van der Waals surface area (Å²) in [5.74, 6) is 0.889. The van der Waals surface area contributed by atoms with E-state index in [2.05, 4.69) is 0 Å². The maximum Gasteiger partial charge on any atom is 0.227 e. The van der Waals surface area contributed by atoms with Crippen LogP contribution in [0.5, 0.6) is 5.75 Å². The van der Waals surface area contributed by atoms with Crippen molar-refractivity contribution in [1.82, 2.24) is 4.90 Å².